The fraction of sp³-hybridized carbons (Fsp3) is 0.300. The normalized spacial score (nSPS) is 12.6. The second-order valence-electron chi connectivity index (χ2n) is 3.38. The van der Waals surface area contributed by atoms with Gasteiger partial charge in [-0.25, -0.2) is 0 Å². The minimum atomic E-state index is -4.80. The van der Waals surface area contributed by atoms with E-state index in [2.05, 4.69) is 0 Å². The smallest absolute Gasteiger partial charge is 0.287 e. The molecule has 0 heterocycles. The summed E-state index contributed by atoms with van der Waals surface area (Å²) in [6.07, 6.45) is -4.80. The van der Waals surface area contributed by atoms with Gasteiger partial charge in [0.15, 0.2) is 0 Å². The fourth-order valence-corrected chi connectivity index (χ4v) is 1.48. The van der Waals surface area contributed by atoms with E-state index in [0.717, 1.165) is 12.1 Å². The van der Waals surface area contributed by atoms with Gasteiger partial charge in [0.2, 0.25) is 5.78 Å². The first-order valence-electron chi connectivity index (χ1n) is 4.33. The van der Waals surface area contributed by atoms with Crippen LogP contribution in [0.25, 0.3) is 0 Å². The maximum Gasteiger partial charge on any atom is 0.417 e. The van der Waals surface area contributed by atoms with Crippen molar-refractivity contribution in [2.24, 2.45) is 0 Å². The van der Waals surface area contributed by atoms with Crippen molar-refractivity contribution in [3.05, 3.63) is 34.3 Å². The molecule has 0 radical (unpaired) electrons. The average molecular weight is 273 g/mol. The van der Waals surface area contributed by atoms with Gasteiger partial charge in [0.1, 0.15) is 0 Å². The van der Waals surface area contributed by atoms with Gasteiger partial charge in [-0.15, -0.1) is 0 Å². The molecule has 1 aromatic carbocycles. The SMILES string of the molecule is CC(F)(F)C(=O)c1cccc(C(F)(F)F)c1Cl. The maximum absolute atomic E-state index is 12.7. The van der Waals surface area contributed by atoms with Gasteiger partial charge in [-0.05, 0) is 12.1 Å². The van der Waals surface area contributed by atoms with E-state index in [0.29, 0.717) is 13.0 Å². The summed E-state index contributed by atoms with van der Waals surface area (Å²) in [5.74, 6) is -5.51. The van der Waals surface area contributed by atoms with E-state index in [1.807, 2.05) is 0 Å². The molecule has 0 saturated heterocycles. The van der Waals surface area contributed by atoms with Crippen molar-refractivity contribution in [2.75, 3.05) is 0 Å². The fourth-order valence-electron chi connectivity index (χ4n) is 1.16. The summed E-state index contributed by atoms with van der Waals surface area (Å²) in [6.45, 7) is 0.298. The number of ketones is 1. The van der Waals surface area contributed by atoms with E-state index >= 15 is 0 Å². The Bertz CT molecular complexity index is 447. The zero-order valence-electron chi connectivity index (χ0n) is 8.41. The number of Topliss-reactive ketones (excluding diaryl/α,β-unsaturated/α-hetero) is 1. The Morgan fingerprint density at radius 3 is 2.12 bits per heavy atom. The molecule has 0 aliphatic heterocycles. The maximum atomic E-state index is 12.7. The Balaban J connectivity index is 3.35. The van der Waals surface area contributed by atoms with Crippen molar-refractivity contribution >= 4 is 17.4 Å². The third-order valence-corrected chi connectivity index (χ3v) is 2.35. The summed E-state index contributed by atoms with van der Waals surface area (Å²) in [5, 5.41) is -1.01. The minimum Gasteiger partial charge on any atom is -0.287 e. The molecule has 0 fully saturated rings. The standard InChI is InChI=1S/C10H6ClF5O/c1-9(12,13)8(17)5-3-2-4-6(7(5)11)10(14,15)16/h2-4H,1H3. The number of halogens is 6. The summed E-state index contributed by atoms with van der Waals surface area (Å²) >= 11 is 5.32. The second kappa shape index (κ2) is 4.25. The molecule has 0 amide bonds. The molecule has 0 bridgehead atoms. The molecule has 0 aromatic heterocycles. The van der Waals surface area contributed by atoms with Crippen LogP contribution < -0.4 is 0 Å². The number of carbonyl (C=O) groups excluding carboxylic acids is 1. The van der Waals surface area contributed by atoms with E-state index in [1.165, 1.54) is 0 Å². The van der Waals surface area contributed by atoms with Crippen LogP contribution in [0.2, 0.25) is 5.02 Å². The molecule has 0 atom stereocenters. The minimum absolute atomic E-state index is 0.298. The van der Waals surface area contributed by atoms with Crippen molar-refractivity contribution in [1.82, 2.24) is 0 Å². The van der Waals surface area contributed by atoms with Gasteiger partial charge in [0, 0.05) is 12.5 Å². The summed E-state index contributed by atoms with van der Waals surface area (Å²) in [5.41, 5.74) is -2.15. The molecule has 0 aliphatic carbocycles. The Hall–Kier alpha value is -1.17. The summed E-state index contributed by atoms with van der Waals surface area (Å²) in [4.78, 5) is 11.2. The molecule has 0 spiro atoms. The van der Waals surface area contributed by atoms with Crippen molar-refractivity contribution in [1.29, 1.82) is 0 Å². The van der Waals surface area contributed by atoms with Crippen LogP contribution in [0.5, 0.6) is 0 Å². The number of carbonyl (C=O) groups is 1. The van der Waals surface area contributed by atoms with Crippen LogP contribution in [0.4, 0.5) is 22.0 Å². The highest BCUT2D eigenvalue weighted by molar-refractivity contribution is 6.35. The lowest BCUT2D eigenvalue weighted by atomic mass is 10.0. The lowest BCUT2D eigenvalue weighted by molar-refractivity contribution is -0.137. The quantitative estimate of drug-likeness (QED) is 0.582. The van der Waals surface area contributed by atoms with Gasteiger partial charge in [0.05, 0.1) is 10.6 Å². The van der Waals surface area contributed by atoms with Gasteiger partial charge in [0.25, 0.3) is 0 Å². The molecular weight excluding hydrogens is 267 g/mol. The number of hydrogen-bond acceptors (Lipinski definition) is 1. The Morgan fingerprint density at radius 2 is 1.71 bits per heavy atom. The molecule has 0 unspecified atom stereocenters. The first-order valence-corrected chi connectivity index (χ1v) is 4.71. The van der Waals surface area contributed by atoms with E-state index in [4.69, 9.17) is 11.6 Å². The van der Waals surface area contributed by atoms with Crippen LogP contribution in [-0.2, 0) is 6.18 Å². The monoisotopic (exact) mass is 272 g/mol. The summed E-state index contributed by atoms with van der Waals surface area (Å²) < 4.78 is 62.7. The molecule has 0 saturated carbocycles. The Kier molecular flexibility index (Phi) is 3.47. The van der Waals surface area contributed by atoms with Crippen LogP contribution in [0.15, 0.2) is 18.2 Å². The molecule has 0 N–H and O–H groups in total. The van der Waals surface area contributed by atoms with Crippen molar-refractivity contribution in [3.63, 3.8) is 0 Å². The van der Waals surface area contributed by atoms with Crippen LogP contribution in [-0.4, -0.2) is 11.7 Å². The van der Waals surface area contributed by atoms with Crippen molar-refractivity contribution in [2.45, 2.75) is 19.0 Å². The number of alkyl halides is 5. The predicted octanol–water partition coefficient (Wildman–Crippen LogP) is 4.20. The first kappa shape index (κ1) is 13.9. The molecule has 0 aliphatic rings. The van der Waals surface area contributed by atoms with E-state index in [1.54, 1.807) is 0 Å². The largest absolute Gasteiger partial charge is 0.417 e. The van der Waals surface area contributed by atoms with Crippen LogP contribution in [0, 0.1) is 0 Å². The molecule has 7 heteroatoms. The van der Waals surface area contributed by atoms with Crippen LogP contribution in [0.3, 0.4) is 0 Å². The topological polar surface area (TPSA) is 17.1 Å². The highest BCUT2D eigenvalue weighted by Gasteiger charge is 2.39. The lowest BCUT2D eigenvalue weighted by Crippen LogP contribution is -2.25. The average Bonchev–Trinajstić information content (AvgIpc) is 2.13. The first-order chi connectivity index (χ1) is 7.55. The van der Waals surface area contributed by atoms with Gasteiger partial charge >= 0.3 is 12.1 Å². The summed E-state index contributed by atoms with van der Waals surface area (Å²) in [6, 6.07) is 2.30. The molecular formula is C10H6ClF5O. The van der Waals surface area contributed by atoms with Crippen LogP contribution in [0.1, 0.15) is 22.8 Å². The molecule has 1 rings (SSSR count). The van der Waals surface area contributed by atoms with E-state index in [9.17, 15) is 26.7 Å². The Labute approximate surface area is 98.2 Å². The number of benzene rings is 1. The van der Waals surface area contributed by atoms with Crippen molar-refractivity contribution < 1.29 is 26.7 Å². The van der Waals surface area contributed by atoms with Gasteiger partial charge in [-0.1, -0.05) is 17.7 Å². The number of hydrogen-bond donors (Lipinski definition) is 0. The van der Waals surface area contributed by atoms with Gasteiger partial charge in [-0.2, -0.15) is 22.0 Å². The molecule has 17 heavy (non-hydrogen) atoms. The van der Waals surface area contributed by atoms with Gasteiger partial charge < -0.3 is 0 Å². The molecule has 1 aromatic rings. The molecule has 1 nitrogen and oxygen atoms in total. The Morgan fingerprint density at radius 1 is 1.18 bits per heavy atom. The van der Waals surface area contributed by atoms with Crippen molar-refractivity contribution in [3.8, 4) is 0 Å². The highest BCUT2D eigenvalue weighted by atomic mass is 35.5. The third kappa shape index (κ3) is 2.94. The zero-order chi connectivity index (χ0) is 13.4. The zero-order valence-corrected chi connectivity index (χ0v) is 9.16. The van der Waals surface area contributed by atoms with E-state index < -0.39 is 34.0 Å². The lowest BCUT2D eigenvalue weighted by Gasteiger charge is -2.14. The van der Waals surface area contributed by atoms with Crippen LogP contribution >= 0.6 is 11.6 Å². The second-order valence-corrected chi connectivity index (χ2v) is 3.76. The third-order valence-electron chi connectivity index (χ3n) is 1.95. The molecule has 94 valence electrons. The predicted molar refractivity (Wildman–Crippen MR) is 51.4 cm³/mol. The summed E-state index contributed by atoms with van der Waals surface area (Å²) in [7, 11) is 0. The van der Waals surface area contributed by atoms with E-state index in [-0.39, 0.29) is 0 Å². The van der Waals surface area contributed by atoms with Gasteiger partial charge in [-0.3, -0.25) is 4.79 Å². The highest BCUT2D eigenvalue weighted by Crippen LogP contribution is 2.37. The number of rotatable bonds is 2.